The number of carbonyl (C=O) groups is 1. The zero-order valence-corrected chi connectivity index (χ0v) is 11.8. The molecule has 1 heterocycles. The molecule has 1 amide bonds. The minimum atomic E-state index is -0.327. The number of hydrogen-bond acceptors (Lipinski definition) is 5. The lowest BCUT2D eigenvalue weighted by atomic mass is 10.2. The van der Waals surface area contributed by atoms with Crippen LogP contribution in [0.1, 0.15) is 22.1 Å². The highest BCUT2D eigenvalue weighted by atomic mass is 16.5. The van der Waals surface area contributed by atoms with Gasteiger partial charge in [0.2, 0.25) is 0 Å². The number of nitrogens with zero attached hydrogens (tertiary/aromatic N) is 1. The molecule has 20 heavy (non-hydrogen) atoms. The van der Waals surface area contributed by atoms with Crippen LogP contribution in [0.5, 0.6) is 11.5 Å². The first kappa shape index (κ1) is 13.9. The molecule has 0 fully saturated rings. The second-order valence-corrected chi connectivity index (χ2v) is 4.16. The lowest BCUT2D eigenvalue weighted by Crippen LogP contribution is -2.13. The van der Waals surface area contributed by atoms with Gasteiger partial charge >= 0.3 is 0 Å². The molecule has 2 rings (SSSR count). The molecule has 106 valence electrons. The molecule has 1 N–H and O–H groups in total. The summed E-state index contributed by atoms with van der Waals surface area (Å²) in [4.78, 5) is 16.1. The van der Waals surface area contributed by atoms with Crippen molar-refractivity contribution in [3.8, 4) is 11.5 Å². The van der Waals surface area contributed by atoms with Gasteiger partial charge in [-0.05, 0) is 19.1 Å². The van der Waals surface area contributed by atoms with Crippen molar-refractivity contribution in [1.82, 2.24) is 4.98 Å². The molecule has 1 aromatic carbocycles. The predicted molar refractivity (Wildman–Crippen MR) is 73.5 cm³/mol. The van der Waals surface area contributed by atoms with Crippen molar-refractivity contribution in [2.24, 2.45) is 0 Å². The van der Waals surface area contributed by atoms with Gasteiger partial charge in [0.25, 0.3) is 5.91 Å². The van der Waals surface area contributed by atoms with E-state index in [9.17, 15) is 4.79 Å². The number of benzene rings is 1. The minimum absolute atomic E-state index is 0.275. The number of oxazole rings is 1. The third kappa shape index (κ3) is 2.74. The van der Waals surface area contributed by atoms with Crippen LogP contribution in [0.25, 0.3) is 0 Å². The number of nitrogens with one attached hydrogen (secondary N) is 1. The van der Waals surface area contributed by atoms with Gasteiger partial charge in [0, 0.05) is 18.7 Å². The van der Waals surface area contributed by atoms with Gasteiger partial charge in [0.1, 0.15) is 5.76 Å². The normalized spacial score (nSPS) is 10.2. The van der Waals surface area contributed by atoms with E-state index in [0.717, 1.165) is 0 Å². The molecule has 0 aliphatic heterocycles. The number of hydrogen-bond donors (Lipinski definition) is 1. The fourth-order valence-electron chi connectivity index (χ4n) is 1.84. The molecule has 0 saturated heterocycles. The molecule has 0 radical (unpaired) electrons. The number of rotatable bonds is 4. The molecule has 0 bridgehead atoms. The van der Waals surface area contributed by atoms with Crippen LogP contribution in [0.2, 0.25) is 0 Å². The molecule has 0 spiro atoms. The quantitative estimate of drug-likeness (QED) is 0.929. The highest BCUT2D eigenvalue weighted by molar-refractivity contribution is 6.03. The maximum Gasteiger partial charge on any atom is 0.277 e. The van der Waals surface area contributed by atoms with E-state index in [1.54, 1.807) is 39.2 Å². The Bertz CT molecular complexity index is 634. The molecule has 0 aliphatic carbocycles. The number of amides is 1. The third-order valence-electron chi connectivity index (χ3n) is 2.76. The summed E-state index contributed by atoms with van der Waals surface area (Å²) in [5.41, 5.74) is 0.866. The fourth-order valence-corrected chi connectivity index (χ4v) is 1.84. The maximum atomic E-state index is 12.1. The molecular formula is C14H16N2O4. The first-order valence-electron chi connectivity index (χ1n) is 6.02. The Morgan fingerprint density at radius 1 is 1.20 bits per heavy atom. The molecule has 0 unspecified atom stereocenters. The summed E-state index contributed by atoms with van der Waals surface area (Å²) in [6.07, 6.45) is 0. The van der Waals surface area contributed by atoms with Crippen molar-refractivity contribution in [2.75, 3.05) is 19.5 Å². The van der Waals surface area contributed by atoms with Gasteiger partial charge < -0.3 is 19.2 Å². The summed E-state index contributed by atoms with van der Waals surface area (Å²) in [6, 6.07) is 5.12. The zero-order valence-electron chi connectivity index (χ0n) is 11.8. The third-order valence-corrected chi connectivity index (χ3v) is 2.76. The molecule has 0 aliphatic rings. The monoisotopic (exact) mass is 276 g/mol. The summed E-state index contributed by atoms with van der Waals surface area (Å²) in [6.45, 7) is 3.39. The Morgan fingerprint density at radius 3 is 2.45 bits per heavy atom. The van der Waals surface area contributed by atoms with Gasteiger partial charge in [0.15, 0.2) is 23.1 Å². The summed E-state index contributed by atoms with van der Waals surface area (Å²) in [5.74, 6) is 1.75. The maximum absolute atomic E-state index is 12.1. The Labute approximate surface area is 116 Å². The van der Waals surface area contributed by atoms with Crippen molar-refractivity contribution in [3.05, 3.63) is 35.5 Å². The van der Waals surface area contributed by atoms with Crippen LogP contribution in [0.15, 0.2) is 22.6 Å². The summed E-state index contributed by atoms with van der Waals surface area (Å²) in [5, 5.41) is 2.74. The first-order chi connectivity index (χ1) is 9.55. The Morgan fingerprint density at radius 2 is 1.90 bits per heavy atom. The number of ether oxygens (including phenoxy) is 2. The van der Waals surface area contributed by atoms with Crippen molar-refractivity contribution in [1.29, 1.82) is 0 Å². The Kier molecular flexibility index (Phi) is 3.93. The van der Waals surface area contributed by atoms with E-state index in [-0.39, 0.29) is 11.6 Å². The first-order valence-corrected chi connectivity index (χ1v) is 6.02. The number of aryl methyl sites for hydroxylation is 2. The lowest BCUT2D eigenvalue weighted by molar-refractivity contribution is 0.102. The number of aromatic nitrogens is 1. The van der Waals surface area contributed by atoms with Crippen LogP contribution in [-0.4, -0.2) is 25.1 Å². The van der Waals surface area contributed by atoms with E-state index in [0.29, 0.717) is 28.8 Å². The predicted octanol–water partition coefficient (Wildman–Crippen LogP) is 2.56. The summed E-state index contributed by atoms with van der Waals surface area (Å²) in [7, 11) is 3.09. The Balaban J connectivity index is 2.22. The standard InChI is InChI=1S/C14H16N2O4/c1-8-13(15-9(2)20-8)14(17)16-10-5-6-11(18-3)12(7-10)19-4/h5-7H,1-4H3,(H,16,17). The smallest absolute Gasteiger partial charge is 0.277 e. The number of anilines is 1. The largest absolute Gasteiger partial charge is 0.493 e. The molecule has 2 aromatic rings. The van der Waals surface area contributed by atoms with Gasteiger partial charge in [-0.2, -0.15) is 0 Å². The molecule has 0 saturated carbocycles. The van der Waals surface area contributed by atoms with Crippen LogP contribution in [-0.2, 0) is 0 Å². The SMILES string of the molecule is COc1ccc(NC(=O)c2nc(C)oc2C)cc1OC. The van der Waals surface area contributed by atoms with Crippen LogP contribution in [0.4, 0.5) is 5.69 Å². The molecule has 0 atom stereocenters. The van der Waals surface area contributed by atoms with Crippen molar-refractivity contribution in [2.45, 2.75) is 13.8 Å². The molecule has 6 heteroatoms. The van der Waals surface area contributed by atoms with Crippen molar-refractivity contribution < 1.29 is 18.7 Å². The lowest BCUT2D eigenvalue weighted by Gasteiger charge is -2.10. The van der Waals surface area contributed by atoms with E-state index in [2.05, 4.69) is 10.3 Å². The minimum Gasteiger partial charge on any atom is -0.493 e. The van der Waals surface area contributed by atoms with Crippen molar-refractivity contribution in [3.63, 3.8) is 0 Å². The van der Waals surface area contributed by atoms with Crippen molar-refractivity contribution >= 4 is 11.6 Å². The van der Waals surface area contributed by atoms with Gasteiger partial charge in [0.05, 0.1) is 14.2 Å². The second-order valence-electron chi connectivity index (χ2n) is 4.16. The van der Waals surface area contributed by atoms with E-state index >= 15 is 0 Å². The van der Waals surface area contributed by atoms with Crippen LogP contribution >= 0.6 is 0 Å². The van der Waals surface area contributed by atoms with E-state index in [1.807, 2.05) is 0 Å². The molecular weight excluding hydrogens is 260 g/mol. The second kappa shape index (κ2) is 5.64. The Hall–Kier alpha value is -2.50. The van der Waals surface area contributed by atoms with E-state index in [4.69, 9.17) is 13.9 Å². The van der Waals surface area contributed by atoms with Gasteiger partial charge in [-0.25, -0.2) is 4.98 Å². The summed E-state index contributed by atoms with van der Waals surface area (Å²) >= 11 is 0. The van der Waals surface area contributed by atoms with E-state index < -0.39 is 0 Å². The summed E-state index contributed by atoms with van der Waals surface area (Å²) < 4.78 is 15.6. The number of methoxy groups -OCH3 is 2. The van der Waals surface area contributed by atoms with Crippen LogP contribution < -0.4 is 14.8 Å². The number of carbonyl (C=O) groups excluding carboxylic acids is 1. The fraction of sp³-hybridized carbons (Fsp3) is 0.286. The topological polar surface area (TPSA) is 73.6 Å². The highest BCUT2D eigenvalue weighted by Crippen LogP contribution is 2.29. The van der Waals surface area contributed by atoms with E-state index in [1.165, 1.54) is 7.11 Å². The van der Waals surface area contributed by atoms with Crippen LogP contribution in [0, 0.1) is 13.8 Å². The van der Waals surface area contributed by atoms with Gasteiger partial charge in [-0.3, -0.25) is 4.79 Å². The molecule has 1 aromatic heterocycles. The zero-order chi connectivity index (χ0) is 14.7. The van der Waals surface area contributed by atoms with Gasteiger partial charge in [-0.15, -0.1) is 0 Å². The highest BCUT2D eigenvalue weighted by Gasteiger charge is 2.16. The van der Waals surface area contributed by atoms with Crippen LogP contribution in [0.3, 0.4) is 0 Å². The van der Waals surface area contributed by atoms with Gasteiger partial charge in [-0.1, -0.05) is 0 Å². The molecule has 6 nitrogen and oxygen atoms in total. The average molecular weight is 276 g/mol. The average Bonchev–Trinajstić information content (AvgIpc) is 2.77.